The molecule has 0 bridgehead atoms. The predicted octanol–water partition coefficient (Wildman–Crippen LogP) is 6.32. The van der Waals surface area contributed by atoms with Gasteiger partial charge in [-0.05, 0) is 45.3 Å². The smallest absolute Gasteiger partial charge is 0.130 e. The van der Waals surface area contributed by atoms with Crippen LogP contribution in [0.15, 0.2) is 72.1 Å². The van der Waals surface area contributed by atoms with Crippen molar-refractivity contribution in [2.75, 3.05) is 0 Å². The average molecular weight is 294 g/mol. The summed E-state index contributed by atoms with van der Waals surface area (Å²) < 4.78 is 6.22. The van der Waals surface area contributed by atoms with E-state index in [4.69, 9.17) is 4.74 Å². The van der Waals surface area contributed by atoms with Crippen LogP contribution in [-0.2, 0) is 0 Å². The monoisotopic (exact) mass is 294 g/mol. The van der Waals surface area contributed by atoms with E-state index in [-0.39, 0.29) is 0 Å². The van der Waals surface area contributed by atoms with E-state index in [9.17, 15) is 0 Å². The summed E-state index contributed by atoms with van der Waals surface area (Å²) in [6.07, 6.45) is 2.60. The molecule has 0 radical (unpaired) electrons. The zero-order chi connectivity index (χ0) is 16.3. The molecule has 1 nitrogen and oxygen atoms in total. The molecule has 1 aliphatic heterocycles. The fraction of sp³-hybridized carbons (Fsp3) is 0.333. The molecule has 22 heavy (non-hydrogen) atoms. The predicted molar refractivity (Wildman–Crippen MR) is 95.1 cm³/mol. The molecule has 0 fully saturated rings. The van der Waals surface area contributed by atoms with Crippen molar-refractivity contribution in [1.82, 2.24) is 0 Å². The van der Waals surface area contributed by atoms with Crippen molar-refractivity contribution in [3.63, 3.8) is 0 Å². The number of fused-ring (bicyclic) bond motifs is 1. The van der Waals surface area contributed by atoms with Gasteiger partial charge in [-0.1, -0.05) is 48.1 Å². The van der Waals surface area contributed by atoms with Gasteiger partial charge in [-0.15, -0.1) is 6.58 Å². The summed E-state index contributed by atoms with van der Waals surface area (Å²) in [7, 11) is 0. The van der Waals surface area contributed by atoms with Crippen molar-refractivity contribution in [2.24, 2.45) is 0 Å². The third kappa shape index (κ3) is 3.79. The Morgan fingerprint density at radius 3 is 2.18 bits per heavy atom. The first-order chi connectivity index (χ1) is 10.4. The van der Waals surface area contributed by atoms with Gasteiger partial charge in [0.1, 0.15) is 11.5 Å². The van der Waals surface area contributed by atoms with Crippen LogP contribution < -0.4 is 4.74 Å². The van der Waals surface area contributed by atoms with Gasteiger partial charge < -0.3 is 4.74 Å². The summed E-state index contributed by atoms with van der Waals surface area (Å²) in [5.41, 5.74) is 6.05. The van der Waals surface area contributed by atoms with Crippen molar-refractivity contribution in [1.29, 1.82) is 0 Å². The van der Waals surface area contributed by atoms with Crippen molar-refractivity contribution < 1.29 is 4.74 Å². The van der Waals surface area contributed by atoms with Gasteiger partial charge in [0.25, 0.3) is 0 Å². The highest BCUT2D eigenvalue weighted by atomic mass is 16.5. The second kappa shape index (κ2) is 6.83. The topological polar surface area (TPSA) is 9.23 Å². The van der Waals surface area contributed by atoms with E-state index >= 15 is 0 Å². The van der Waals surface area contributed by atoms with Crippen LogP contribution in [0.3, 0.4) is 0 Å². The summed E-state index contributed by atoms with van der Waals surface area (Å²) in [5.74, 6) is 2.34. The maximum atomic E-state index is 6.22. The second-order valence-corrected chi connectivity index (χ2v) is 6.57. The Hall–Kier alpha value is -2.02. The zero-order valence-corrected chi connectivity index (χ0v) is 14.0. The van der Waals surface area contributed by atoms with Crippen LogP contribution in [0.1, 0.15) is 51.5 Å². The molecule has 0 aromatic heterocycles. The average Bonchev–Trinajstić information content (AvgIpc) is 2.41. The van der Waals surface area contributed by atoms with Crippen LogP contribution in [-0.4, -0.2) is 0 Å². The molecule has 0 N–H and O–H groups in total. The summed E-state index contributed by atoms with van der Waals surface area (Å²) in [4.78, 5) is 0. The molecule has 2 rings (SSSR count). The lowest BCUT2D eigenvalue weighted by molar-refractivity contribution is 0.374. The van der Waals surface area contributed by atoms with Crippen LogP contribution in [0, 0.1) is 0 Å². The number of hydrogen-bond donors (Lipinski definition) is 0. The number of hydrogen-bond acceptors (Lipinski definition) is 1. The first-order valence-corrected chi connectivity index (χ1v) is 7.80. The molecular weight excluding hydrogens is 268 g/mol. The van der Waals surface area contributed by atoms with Gasteiger partial charge in [-0.25, -0.2) is 0 Å². The molecule has 1 atom stereocenters. The second-order valence-electron chi connectivity index (χ2n) is 6.57. The fourth-order valence-corrected chi connectivity index (χ4v) is 2.99. The first kappa shape index (κ1) is 16.4. The number of rotatable bonds is 6. The SMILES string of the molecule is C=C(C)CC1=C(CC(=C)C)C(CC(=C)C)c2ccccc2O1. The third-order valence-electron chi connectivity index (χ3n) is 3.81. The minimum atomic E-state index is 0.327. The van der Waals surface area contributed by atoms with Crippen LogP contribution >= 0.6 is 0 Å². The number of allylic oxidation sites excluding steroid dienone is 4. The molecule has 0 aliphatic carbocycles. The lowest BCUT2D eigenvalue weighted by Gasteiger charge is -2.31. The summed E-state index contributed by atoms with van der Waals surface area (Å²) in [5, 5.41) is 0. The van der Waals surface area contributed by atoms with E-state index in [2.05, 4.69) is 51.8 Å². The summed E-state index contributed by atoms with van der Waals surface area (Å²) in [6, 6.07) is 8.32. The molecule has 0 saturated heterocycles. The Bertz CT molecular complexity index is 646. The lowest BCUT2D eigenvalue weighted by atomic mass is 9.80. The van der Waals surface area contributed by atoms with Gasteiger partial charge in [0.05, 0.1) is 0 Å². The molecule has 1 heteroatoms. The first-order valence-electron chi connectivity index (χ1n) is 7.80. The minimum Gasteiger partial charge on any atom is -0.461 e. The minimum absolute atomic E-state index is 0.327. The van der Waals surface area contributed by atoms with Crippen LogP contribution in [0.25, 0.3) is 0 Å². The molecule has 0 amide bonds. The molecule has 1 aromatic carbocycles. The standard InChI is InChI=1S/C21H26O/c1-14(2)11-18-17-9-7-8-10-20(17)22-21(13-16(5)6)19(18)12-15(3)4/h7-10,18H,1,3,5,11-13H2,2,4,6H3. The van der Waals surface area contributed by atoms with E-state index in [0.29, 0.717) is 5.92 Å². The Balaban J connectivity index is 2.53. The summed E-state index contributed by atoms with van der Waals surface area (Å²) in [6.45, 7) is 18.5. The Labute approximate surface area is 134 Å². The number of para-hydroxylation sites is 1. The van der Waals surface area contributed by atoms with E-state index < -0.39 is 0 Å². The molecule has 1 aliphatic rings. The maximum Gasteiger partial charge on any atom is 0.130 e. The Kier molecular flexibility index (Phi) is 5.07. The fourth-order valence-electron chi connectivity index (χ4n) is 2.99. The largest absolute Gasteiger partial charge is 0.461 e. The molecule has 0 saturated carbocycles. The molecule has 1 heterocycles. The molecule has 1 aromatic rings. The van der Waals surface area contributed by atoms with Gasteiger partial charge in [0.2, 0.25) is 0 Å². The van der Waals surface area contributed by atoms with E-state index in [1.165, 1.54) is 16.7 Å². The maximum absolute atomic E-state index is 6.22. The zero-order valence-electron chi connectivity index (χ0n) is 14.0. The van der Waals surface area contributed by atoms with E-state index in [1.807, 2.05) is 13.0 Å². The molecule has 1 unspecified atom stereocenters. The van der Waals surface area contributed by atoms with Gasteiger partial charge in [-0.2, -0.15) is 0 Å². The van der Waals surface area contributed by atoms with Crippen molar-refractivity contribution in [3.05, 3.63) is 77.6 Å². The highest BCUT2D eigenvalue weighted by molar-refractivity contribution is 5.48. The van der Waals surface area contributed by atoms with Crippen LogP contribution in [0.4, 0.5) is 0 Å². The lowest BCUT2D eigenvalue weighted by Crippen LogP contribution is -2.17. The molecule has 0 spiro atoms. The van der Waals surface area contributed by atoms with Crippen LogP contribution in [0.5, 0.6) is 5.75 Å². The van der Waals surface area contributed by atoms with Crippen LogP contribution in [0.2, 0.25) is 0 Å². The van der Waals surface area contributed by atoms with Crippen molar-refractivity contribution in [2.45, 2.75) is 46.0 Å². The molecular formula is C21H26O. The quantitative estimate of drug-likeness (QED) is 0.558. The third-order valence-corrected chi connectivity index (χ3v) is 3.81. The Morgan fingerprint density at radius 2 is 1.59 bits per heavy atom. The van der Waals surface area contributed by atoms with Crippen molar-refractivity contribution in [3.8, 4) is 5.75 Å². The van der Waals surface area contributed by atoms with E-state index in [0.717, 1.165) is 41.9 Å². The summed E-state index contributed by atoms with van der Waals surface area (Å²) >= 11 is 0. The van der Waals surface area contributed by atoms with Gasteiger partial charge >= 0.3 is 0 Å². The van der Waals surface area contributed by atoms with Gasteiger partial charge in [0, 0.05) is 17.9 Å². The van der Waals surface area contributed by atoms with Crippen molar-refractivity contribution >= 4 is 0 Å². The van der Waals surface area contributed by atoms with Gasteiger partial charge in [-0.3, -0.25) is 0 Å². The Morgan fingerprint density at radius 1 is 0.955 bits per heavy atom. The normalized spacial score (nSPS) is 16.8. The highest BCUT2D eigenvalue weighted by Crippen LogP contribution is 2.45. The number of benzene rings is 1. The molecule has 116 valence electrons. The highest BCUT2D eigenvalue weighted by Gasteiger charge is 2.29. The van der Waals surface area contributed by atoms with Gasteiger partial charge in [0.15, 0.2) is 0 Å². The van der Waals surface area contributed by atoms with E-state index in [1.54, 1.807) is 0 Å². The number of ether oxygens (including phenoxy) is 1.